The summed E-state index contributed by atoms with van der Waals surface area (Å²) in [5.41, 5.74) is -1.03. The van der Waals surface area contributed by atoms with Crippen molar-refractivity contribution in [2.45, 2.75) is 31.7 Å². The molecule has 1 heterocycles. The molecule has 18 heavy (non-hydrogen) atoms. The van der Waals surface area contributed by atoms with Crippen LogP contribution in [0.5, 0.6) is 0 Å². The summed E-state index contributed by atoms with van der Waals surface area (Å²) in [5, 5.41) is 0. The van der Waals surface area contributed by atoms with Gasteiger partial charge in [-0.1, -0.05) is 0 Å². The molecule has 0 aromatic carbocycles. The highest BCUT2D eigenvalue weighted by atomic mass is 32.2. The predicted molar refractivity (Wildman–Crippen MR) is 64.7 cm³/mol. The highest BCUT2D eigenvalue weighted by Gasteiger charge is 2.33. The zero-order chi connectivity index (χ0) is 14.0. The Bertz CT molecular complexity index is 478. The van der Waals surface area contributed by atoms with Crippen LogP contribution in [0.3, 0.4) is 0 Å². The molecule has 100 valence electrons. The minimum absolute atomic E-state index is 0.143. The number of aromatic nitrogens is 1. The Kier molecular flexibility index (Phi) is 4.26. The molecule has 7 heteroatoms. The number of nitrogens with zero attached hydrogens (tertiary/aromatic N) is 2. The quantitative estimate of drug-likeness (QED) is 0.780. The second-order valence-corrected chi connectivity index (χ2v) is 6.49. The first-order valence-electron chi connectivity index (χ1n) is 5.09. The van der Waals surface area contributed by atoms with Crippen molar-refractivity contribution in [3.05, 3.63) is 29.6 Å². The number of alkyl halides is 3. The Morgan fingerprint density at radius 3 is 2.44 bits per heavy atom. The number of rotatable bonds is 2. The van der Waals surface area contributed by atoms with Crippen LogP contribution in [-0.4, -0.2) is 20.2 Å². The highest BCUT2D eigenvalue weighted by molar-refractivity contribution is 7.85. The normalized spacial score (nSPS) is 15.0. The van der Waals surface area contributed by atoms with Gasteiger partial charge >= 0.3 is 6.18 Å². The second kappa shape index (κ2) is 5.17. The van der Waals surface area contributed by atoms with E-state index in [1.54, 1.807) is 20.8 Å². The average molecular weight is 278 g/mol. The number of hydrogen-bond acceptors (Lipinski definition) is 2. The zero-order valence-electron chi connectivity index (χ0n) is 10.2. The van der Waals surface area contributed by atoms with E-state index in [0.717, 1.165) is 12.4 Å². The van der Waals surface area contributed by atoms with Crippen molar-refractivity contribution in [2.24, 2.45) is 4.40 Å². The maximum Gasteiger partial charge on any atom is 0.418 e. The lowest BCUT2D eigenvalue weighted by molar-refractivity contribution is -0.137. The summed E-state index contributed by atoms with van der Waals surface area (Å²) in [5.74, 6) is 0. The summed E-state index contributed by atoms with van der Waals surface area (Å²) >= 11 is 0. The van der Waals surface area contributed by atoms with Gasteiger partial charge in [0, 0.05) is 24.2 Å². The van der Waals surface area contributed by atoms with Crippen LogP contribution >= 0.6 is 0 Å². The van der Waals surface area contributed by atoms with Crippen LogP contribution in [0.4, 0.5) is 13.2 Å². The van der Waals surface area contributed by atoms with E-state index in [1.165, 1.54) is 12.3 Å². The molecule has 0 unspecified atom stereocenters. The lowest BCUT2D eigenvalue weighted by Crippen LogP contribution is -2.20. The molecule has 0 fully saturated rings. The lowest BCUT2D eigenvalue weighted by Gasteiger charge is -2.13. The minimum atomic E-state index is -4.50. The molecular formula is C11H13F3N2OS. The standard InChI is InChI=1S/C11H13F3N2OS/c1-10(2,3)18(17)16-6-8-4-5-15-7-9(8)11(12,13)14/h4-7H,1-3H3/b16-6-/t18-/m0/s1. The molecule has 1 aromatic heterocycles. The molecule has 0 aliphatic carbocycles. The van der Waals surface area contributed by atoms with E-state index in [9.17, 15) is 17.4 Å². The fourth-order valence-corrected chi connectivity index (χ4v) is 1.54. The summed E-state index contributed by atoms with van der Waals surface area (Å²) < 4.78 is 52.6. The Labute approximate surface area is 106 Å². The Morgan fingerprint density at radius 1 is 1.33 bits per heavy atom. The Balaban J connectivity index is 3.06. The third-order valence-electron chi connectivity index (χ3n) is 1.97. The summed E-state index contributed by atoms with van der Waals surface area (Å²) in [7, 11) is -1.59. The summed E-state index contributed by atoms with van der Waals surface area (Å²) in [6.07, 6.45) is -1.57. The topological polar surface area (TPSA) is 42.3 Å². The summed E-state index contributed by atoms with van der Waals surface area (Å²) in [6, 6.07) is 1.19. The third-order valence-corrected chi connectivity index (χ3v) is 3.32. The van der Waals surface area contributed by atoms with Crippen molar-refractivity contribution in [3.63, 3.8) is 0 Å². The molecule has 0 aliphatic heterocycles. The van der Waals surface area contributed by atoms with E-state index in [1.807, 2.05) is 0 Å². The zero-order valence-corrected chi connectivity index (χ0v) is 11.0. The van der Waals surface area contributed by atoms with Gasteiger partial charge in [-0.05, 0) is 26.8 Å². The molecule has 0 amide bonds. The van der Waals surface area contributed by atoms with E-state index >= 15 is 0 Å². The fourth-order valence-electron chi connectivity index (χ4n) is 1.02. The monoisotopic (exact) mass is 278 g/mol. The van der Waals surface area contributed by atoms with Gasteiger partial charge in [0.25, 0.3) is 0 Å². The maximum atomic E-state index is 12.6. The summed E-state index contributed by atoms with van der Waals surface area (Å²) in [4.78, 5) is 3.43. The first kappa shape index (κ1) is 14.8. The first-order valence-corrected chi connectivity index (χ1v) is 6.20. The van der Waals surface area contributed by atoms with Crippen LogP contribution in [0, 0.1) is 0 Å². The fraction of sp³-hybridized carbons (Fsp3) is 0.455. The van der Waals surface area contributed by atoms with Crippen LogP contribution in [0.2, 0.25) is 0 Å². The molecular weight excluding hydrogens is 265 g/mol. The van der Waals surface area contributed by atoms with Crippen LogP contribution in [0.1, 0.15) is 31.9 Å². The van der Waals surface area contributed by atoms with Crippen LogP contribution in [0.15, 0.2) is 22.9 Å². The van der Waals surface area contributed by atoms with Crippen LogP contribution in [-0.2, 0) is 17.2 Å². The minimum Gasteiger partial charge on any atom is -0.264 e. The lowest BCUT2D eigenvalue weighted by atomic mass is 10.1. The van der Waals surface area contributed by atoms with Crippen LogP contribution < -0.4 is 0 Å². The number of pyridine rings is 1. The molecule has 0 spiro atoms. The van der Waals surface area contributed by atoms with E-state index in [0.29, 0.717) is 0 Å². The first-order chi connectivity index (χ1) is 8.12. The molecule has 0 bridgehead atoms. The molecule has 0 N–H and O–H groups in total. The molecule has 0 saturated heterocycles. The molecule has 1 atom stereocenters. The highest BCUT2D eigenvalue weighted by Crippen LogP contribution is 2.30. The van der Waals surface area contributed by atoms with Crippen molar-refractivity contribution < 1.29 is 17.4 Å². The smallest absolute Gasteiger partial charge is 0.264 e. The summed E-state index contributed by atoms with van der Waals surface area (Å²) in [6.45, 7) is 5.08. The third kappa shape index (κ3) is 3.90. The Hall–Kier alpha value is -1.24. The van der Waals surface area contributed by atoms with E-state index in [4.69, 9.17) is 0 Å². The SMILES string of the molecule is CC(C)(C)[S@](=O)/N=C\c1ccncc1C(F)(F)F. The molecule has 0 radical (unpaired) electrons. The van der Waals surface area contributed by atoms with Gasteiger partial charge in [-0.3, -0.25) is 4.98 Å². The van der Waals surface area contributed by atoms with Crippen molar-refractivity contribution in [2.75, 3.05) is 0 Å². The van der Waals surface area contributed by atoms with Crippen molar-refractivity contribution in [1.29, 1.82) is 0 Å². The average Bonchev–Trinajstić information content (AvgIpc) is 2.23. The Morgan fingerprint density at radius 2 is 1.94 bits per heavy atom. The van der Waals surface area contributed by atoms with E-state index in [2.05, 4.69) is 9.38 Å². The molecule has 1 aromatic rings. The maximum absolute atomic E-state index is 12.6. The van der Waals surface area contributed by atoms with Gasteiger partial charge < -0.3 is 0 Å². The second-order valence-electron chi connectivity index (χ2n) is 4.56. The van der Waals surface area contributed by atoms with Gasteiger partial charge in [0.15, 0.2) is 0 Å². The van der Waals surface area contributed by atoms with Gasteiger partial charge in [-0.2, -0.15) is 17.6 Å². The van der Waals surface area contributed by atoms with Gasteiger partial charge in [0.2, 0.25) is 0 Å². The van der Waals surface area contributed by atoms with Crippen LogP contribution in [0.25, 0.3) is 0 Å². The van der Waals surface area contributed by atoms with E-state index < -0.39 is 27.5 Å². The largest absolute Gasteiger partial charge is 0.418 e. The van der Waals surface area contributed by atoms with E-state index in [-0.39, 0.29) is 5.56 Å². The number of hydrogen-bond donors (Lipinski definition) is 0. The molecule has 3 nitrogen and oxygen atoms in total. The van der Waals surface area contributed by atoms with Crippen molar-refractivity contribution in [1.82, 2.24) is 4.98 Å². The van der Waals surface area contributed by atoms with Gasteiger partial charge in [0.1, 0.15) is 11.0 Å². The van der Waals surface area contributed by atoms with Crippen molar-refractivity contribution >= 4 is 17.2 Å². The van der Waals surface area contributed by atoms with Gasteiger partial charge in [-0.15, -0.1) is 0 Å². The molecule has 1 rings (SSSR count). The van der Waals surface area contributed by atoms with Gasteiger partial charge in [0.05, 0.1) is 10.3 Å². The van der Waals surface area contributed by atoms with Gasteiger partial charge in [-0.25, -0.2) is 4.21 Å². The molecule has 0 aliphatic rings. The number of halogens is 3. The predicted octanol–water partition coefficient (Wildman–Crippen LogP) is 2.98. The van der Waals surface area contributed by atoms with Crippen molar-refractivity contribution in [3.8, 4) is 0 Å². The molecule has 0 saturated carbocycles.